The van der Waals surface area contributed by atoms with Crippen molar-refractivity contribution >= 4 is 15.7 Å². The van der Waals surface area contributed by atoms with Gasteiger partial charge >= 0.3 is 0 Å². The molecule has 0 amide bonds. The zero-order valence-corrected chi connectivity index (χ0v) is 10.2. The molecule has 0 spiro atoms. The second-order valence-corrected chi connectivity index (χ2v) is 6.38. The van der Waals surface area contributed by atoms with Gasteiger partial charge in [0.1, 0.15) is 5.82 Å². The summed E-state index contributed by atoms with van der Waals surface area (Å²) in [6.45, 7) is 1.48. The fourth-order valence-corrected chi connectivity index (χ4v) is 2.86. The molecule has 3 heterocycles. The number of anilines is 1. The molecule has 92 valence electrons. The number of sulfone groups is 1. The maximum atomic E-state index is 11.4. The Morgan fingerprint density at radius 2 is 2.35 bits per heavy atom. The first-order valence-corrected chi connectivity index (χ1v) is 7.34. The topological polar surface area (TPSA) is 72.4 Å². The van der Waals surface area contributed by atoms with Crippen LogP contribution < -0.4 is 4.90 Å². The van der Waals surface area contributed by atoms with Gasteiger partial charge in [-0.25, -0.2) is 18.4 Å². The first-order valence-electron chi connectivity index (χ1n) is 5.45. The summed E-state index contributed by atoms with van der Waals surface area (Å²) in [4.78, 5) is 10.0. The molecule has 7 heteroatoms. The predicted molar refractivity (Wildman–Crippen MR) is 60.6 cm³/mol. The molecular formula is C10H13N3O3S. The van der Waals surface area contributed by atoms with Crippen LogP contribution in [0.25, 0.3) is 0 Å². The van der Waals surface area contributed by atoms with E-state index < -0.39 is 9.84 Å². The van der Waals surface area contributed by atoms with Gasteiger partial charge in [-0.1, -0.05) is 0 Å². The molecule has 2 bridgehead atoms. The lowest BCUT2D eigenvalue weighted by Gasteiger charge is -2.27. The monoisotopic (exact) mass is 255 g/mol. The minimum absolute atomic E-state index is 0.112. The zero-order chi connectivity index (χ0) is 12.0. The molecule has 2 atom stereocenters. The molecule has 2 saturated heterocycles. The largest absolute Gasteiger partial charge is 0.374 e. The second-order valence-electron chi connectivity index (χ2n) is 4.47. The van der Waals surface area contributed by atoms with Gasteiger partial charge < -0.3 is 9.64 Å². The summed E-state index contributed by atoms with van der Waals surface area (Å²) in [7, 11) is -3.35. The van der Waals surface area contributed by atoms with Crippen LogP contribution in [0.3, 0.4) is 0 Å². The summed E-state index contributed by atoms with van der Waals surface area (Å²) in [6.07, 6.45) is 3.87. The van der Waals surface area contributed by atoms with Crippen LogP contribution in [0.15, 0.2) is 17.4 Å². The van der Waals surface area contributed by atoms with E-state index >= 15 is 0 Å². The van der Waals surface area contributed by atoms with Crippen LogP contribution >= 0.6 is 0 Å². The van der Waals surface area contributed by atoms with Crippen molar-refractivity contribution in [3.05, 3.63) is 12.3 Å². The zero-order valence-electron chi connectivity index (χ0n) is 9.41. The van der Waals surface area contributed by atoms with Crippen LogP contribution in [0.1, 0.15) is 6.42 Å². The summed E-state index contributed by atoms with van der Waals surface area (Å²) >= 11 is 0. The first kappa shape index (κ1) is 10.9. The summed E-state index contributed by atoms with van der Waals surface area (Å²) in [5.41, 5.74) is 0. The molecule has 2 aliphatic heterocycles. The van der Waals surface area contributed by atoms with Crippen molar-refractivity contribution in [1.82, 2.24) is 9.97 Å². The van der Waals surface area contributed by atoms with Crippen LogP contribution in [0.2, 0.25) is 0 Å². The second kappa shape index (κ2) is 3.64. The lowest BCUT2D eigenvalue weighted by Crippen LogP contribution is -2.37. The predicted octanol–water partition coefficient (Wildman–Crippen LogP) is -0.142. The number of hydrogen-bond acceptors (Lipinski definition) is 6. The first-order chi connectivity index (χ1) is 8.04. The number of rotatable bonds is 2. The van der Waals surface area contributed by atoms with Gasteiger partial charge in [-0.05, 0) is 12.5 Å². The highest BCUT2D eigenvalue weighted by molar-refractivity contribution is 7.90. The highest BCUT2D eigenvalue weighted by Gasteiger charge is 2.39. The molecular weight excluding hydrogens is 242 g/mol. The fraction of sp³-hybridized carbons (Fsp3) is 0.600. The highest BCUT2D eigenvalue weighted by Crippen LogP contribution is 2.31. The van der Waals surface area contributed by atoms with Gasteiger partial charge in [0.2, 0.25) is 15.0 Å². The Labute approximate surface area is 99.5 Å². The number of ether oxygens (including phenoxy) is 1. The summed E-state index contributed by atoms with van der Waals surface area (Å²) in [6, 6.07) is 2.07. The Bertz CT molecular complexity index is 545. The molecule has 2 fully saturated rings. The minimum Gasteiger partial charge on any atom is -0.374 e. The molecule has 0 aromatic carbocycles. The van der Waals surface area contributed by atoms with Crippen molar-refractivity contribution < 1.29 is 13.2 Å². The number of nitrogens with zero attached hydrogens (tertiary/aromatic N) is 3. The fourth-order valence-electron chi connectivity index (χ4n) is 2.35. The van der Waals surface area contributed by atoms with Gasteiger partial charge in [-0.3, -0.25) is 0 Å². The van der Waals surface area contributed by atoms with E-state index in [0.717, 1.165) is 19.2 Å². The molecule has 0 unspecified atom stereocenters. The van der Waals surface area contributed by atoms with E-state index in [1.54, 1.807) is 6.07 Å². The average Bonchev–Trinajstić information content (AvgIpc) is 2.89. The van der Waals surface area contributed by atoms with Gasteiger partial charge in [0.05, 0.1) is 18.8 Å². The van der Waals surface area contributed by atoms with Crippen LogP contribution in [0.5, 0.6) is 0 Å². The molecule has 6 nitrogen and oxygen atoms in total. The van der Waals surface area contributed by atoms with E-state index in [4.69, 9.17) is 4.74 Å². The number of hydrogen-bond donors (Lipinski definition) is 0. The maximum absolute atomic E-state index is 11.4. The SMILES string of the molecule is CS(=O)(=O)c1nccc(N2C[C@@H]3C[C@H]2CO3)n1. The average molecular weight is 255 g/mol. The van der Waals surface area contributed by atoms with Gasteiger partial charge in [0.15, 0.2) is 0 Å². The van der Waals surface area contributed by atoms with Crippen LogP contribution in [-0.2, 0) is 14.6 Å². The van der Waals surface area contributed by atoms with Gasteiger partial charge in [0.25, 0.3) is 0 Å². The molecule has 0 radical (unpaired) electrons. The third-order valence-electron chi connectivity index (χ3n) is 3.15. The molecule has 1 aromatic rings. The van der Waals surface area contributed by atoms with Crippen molar-refractivity contribution in [2.45, 2.75) is 23.7 Å². The molecule has 3 rings (SSSR count). The van der Waals surface area contributed by atoms with Crippen LogP contribution in [0, 0.1) is 0 Å². The minimum atomic E-state index is -3.35. The molecule has 1 aromatic heterocycles. The Kier molecular flexibility index (Phi) is 2.34. The number of aromatic nitrogens is 2. The Hall–Kier alpha value is -1.21. The van der Waals surface area contributed by atoms with E-state index in [9.17, 15) is 8.42 Å². The van der Waals surface area contributed by atoms with Crippen molar-refractivity contribution in [2.24, 2.45) is 0 Å². The lowest BCUT2D eigenvalue weighted by molar-refractivity contribution is 0.0988. The number of morpholine rings is 1. The van der Waals surface area contributed by atoms with Gasteiger partial charge in [0, 0.05) is 19.0 Å². The third kappa shape index (κ3) is 1.89. The Balaban J connectivity index is 1.94. The van der Waals surface area contributed by atoms with E-state index in [1.165, 1.54) is 6.20 Å². The smallest absolute Gasteiger partial charge is 0.248 e. The summed E-state index contributed by atoms with van der Waals surface area (Å²) < 4.78 is 28.3. The Morgan fingerprint density at radius 1 is 1.53 bits per heavy atom. The quantitative estimate of drug-likeness (QED) is 0.685. The van der Waals surface area contributed by atoms with E-state index in [-0.39, 0.29) is 11.3 Å². The molecule has 17 heavy (non-hydrogen) atoms. The molecule has 0 saturated carbocycles. The van der Waals surface area contributed by atoms with Gasteiger partial charge in [-0.2, -0.15) is 0 Å². The van der Waals surface area contributed by atoms with E-state index in [0.29, 0.717) is 18.5 Å². The summed E-state index contributed by atoms with van der Waals surface area (Å²) in [5.74, 6) is 0.677. The van der Waals surface area contributed by atoms with Crippen molar-refractivity contribution in [1.29, 1.82) is 0 Å². The molecule has 2 aliphatic rings. The molecule has 0 aliphatic carbocycles. The third-order valence-corrected chi connectivity index (χ3v) is 4.01. The van der Waals surface area contributed by atoms with Crippen molar-refractivity contribution in [3.8, 4) is 0 Å². The normalized spacial score (nSPS) is 27.7. The lowest BCUT2D eigenvalue weighted by atomic mass is 10.2. The van der Waals surface area contributed by atoms with E-state index in [2.05, 4.69) is 14.9 Å². The number of fused-ring (bicyclic) bond motifs is 2. The standard InChI is InChI=1S/C10H13N3O3S/c1-17(14,15)10-11-3-2-9(12-10)13-5-8-4-7(13)6-16-8/h2-3,7-8H,4-6H2,1H3/t7-,8-/m0/s1. The highest BCUT2D eigenvalue weighted by atomic mass is 32.2. The Morgan fingerprint density at radius 3 is 2.94 bits per heavy atom. The van der Waals surface area contributed by atoms with Crippen molar-refractivity contribution in [2.75, 3.05) is 24.3 Å². The van der Waals surface area contributed by atoms with Crippen LogP contribution in [-0.4, -0.2) is 49.9 Å². The summed E-state index contributed by atoms with van der Waals surface area (Å²) in [5, 5.41) is -0.112. The maximum Gasteiger partial charge on any atom is 0.248 e. The van der Waals surface area contributed by atoms with Crippen LogP contribution in [0.4, 0.5) is 5.82 Å². The van der Waals surface area contributed by atoms with Gasteiger partial charge in [-0.15, -0.1) is 0 Å². The molecule has 0 N–H and O–H groups in total. The van der Waals surface area contributed by atoms with Crippen molar-refractivity contribution in [3.63, 3.8) is 0 Å². The van der Waals surface area contributed by atoms with E-state index in [1.807, 2.05) is 0 Å².